The number of hydrogen-bond acceptors (Lipinski definition) is 4. The Balaban J connectivity index is 2.18. The number of nitrogens with zero attached hydrogens (tertiary/aromatic N) is 1. The molecule has 1 heterocycles. The minimum Gasteiger partial charge on any atom is -0.491 e. The molecule has 2 N–H and O–H groups in total. The number of fused-ring (bicyclic) bond motifs is 1. The average molecular weight is 308 g/mol. The number of para-hydroxylation sites is 1. The van der Waals surface area contributed by atoms with E-state index >= 15 is 0 Å². The smallest absolute Gasteiger partial charge is 0.209 e. The minimum atomic E-state index is -3.48. The Morgan fingerprint density at radius 3 is 2.71 bits per heavy atom. The molecule has 0 amide bonds. The fourth-order valence-corrected chi connectivity index (χ4v) is 3.14. The quantitative estimate of drug-likeness (QED) is 0.887. The van der Waals surface area contributed by atoms with Gasteiger partial charge in [0.1, 0.15) is 11.3 Å². The van der Waals surface area contributed by atoms with Crippen molar-refractivity contribution in [2.75, 3.05) is 12.4 Å². The summed E-state index contributed by atoms with van der Waals surface area (Å²) < 4.78 is 28.1. The summed E-state index contributed by atoms with van der Waals surface area (Å²) in [5.74, 6) is 0.477. The van der Waals surface area contributed by atoms with Crippen LogP contribution in [0.15, 0.2) is 30.3 Å². The van der Waals surface area contributed by atoms with E-state index in [-0.39, 0.29) is 11.7 Å². The lowest BCUT2D eigenvalue weighted by Crippen LogP contribution is -2.26. The highest BCUT2D eigenvalue weighted by Crippen LogP contribution is 2.24. The molecule has 0 aliphatic rings. The van der Waals surface area contributed by atoms with Crippen LogP contribution in [0.5, 0.6) is 5.75 Å². The zero-order valence-corrected chi connectivity index (χ0v) is 13.1. The van der Waals surface area contributed by atoms with Crippen LogP contribution in [0.1, 0.15) is 19.0 Å². The molecule has 6 heteroatoms. The van der Waals surface area contributed by atoms with Crippen molar-refractivity contribution < 1.29 is 13.2 Å². The van der Waals surface area contributed by atoms with Crippen LogP contribution in [-0.2, 0) is 10.0 Å². The third-order valence-corrected chi connectivity index (χ3v) is 4.28. The molecule has 1 aromatic heterocycles. The molecule has 21 heavy (non-hydrogen) atoms. The van der Waals surface area contributed by atoms with Crippen molar-refractivity contribution in [3.63, 3.8) is 0 Å². The van der Waals surface area contributed by atoms with Crippen LogP contribution < -0.4 is 9.88 Å². The zero-order chi connectivity index (χ0) is 15.5. The minimum absolute atomic E-state index is 0.0687. The molecule has 0 saturated carbocycles. The van der Waals surface area contributed by atoms with Crippen LogP contribution in [-0.4, -0.2) is 25.8 Å². The number of pyridine rings is 1. The Morgan fingerprint density at radius 2 is 2.05 bits per heavy atom. The van der Waals surface area contributed by atoms with Crippen LogP contribution >= 0.6 is 0 Å². The van der Waals surface area contributed by atoms with Gasteiger partial charge in [0.05, 0.1) is 12.4 Å². The number of benzene rings is 1. The van der Waals surface area contributed by atoms with Gasteiger partial charge in [-0.05, 0) is 25.5 Å². The van der Waals surface area contributed by atoms with Crippen molar-refractivity contribution >= 4 is 20.9 Å². The molecule has 2 rings (SSSR count). The lowest BCUT2D eigenvalue weighted by molar-refractivity contribution is 0.260. The summed E-state index contributed by atoms with van der Waals surface area (Å²) in [6.07, 6.45) is 0.688. The summed E-state index contributed by atoms with van der Waals surface area (Å²) in [7, 11) is -3.48. The Morgan fingerprint density at radius 1 is 1.29 bits per heavy atom. The molecular formula is C15H20N2O3S. The van der Waals surface area contributed by atoms with Gasteiger partial charge in [0, 0.05) is 17.0 Å². The van der Waals surface area contributed by atoms with Gasteiger partial charge in [0.15, 0.2) is 0 Å². The van der Waals surface area contributed by atoms with Crippen molar-refractivity contribution in [3.05, 3.63) is 36.0 Å². The number of rotatable bonds is 6. The highest BCUT2D eigenvalue weighted by molar-refractivity contribution is 7.89. The van der Waals surface area contributed by atoms with Gasteiger partial charge in [-0.15, -0.1) is 0 Å². The van der Waals surface area contributed by atoms with Crippen LogP contribution in [0.25, 0.3) is 10.9 Å². The molecular weight excluding hydrogens is 288 g/mol. The Bertz CT molecular complexity index is 729. The highest BCUT2D eigenvalue weighted by Gasteiger charge is 2.15. The highest BCUT2D eigenvalue weighted by atomic mass is 32.2. The van der Waals surface area contributed by atoms with E-state index in [9.17, 15) is 8.42 Å². The first-order valence-electron chi connectivity index (χ1n) is 6.88. The van der Waals surface area contributed by atoms with Gasteiger partial charge in [-0.25, -0.2) is 18.5 Å². The van der Waals surface area contributed by atoms with E-state index < -0.39 is 10.0 Å². The first kappa shape index (κ1) is 15.7. The normalized spacial score (nSPS) is 13.3. The third kappa shape index (κ3) is 4.41. The second kappa shape index (κ2) is 6.41. The first-order valence-corrected chi connectivity index (χ1v) is 8.60. The monoisotopic (exact) mass is 308 g/mol. The number of aromatic nitrogens is 1. The Kier molecular flexibility index (Phi) is 4.80. The van der Waals surface area contributed by atoms with Gasteiger partial charge in [0.2, 0.25) is 10.0 Å². The lowest BCUT2D eigenvalue weighted by Gasteiger charge is -2.15. The number of aryl methyl sites for hydroxylation is 1. The maximum atomic E-state index is 11.2. The second-order valence-corrected chi connectivity index (χ2v) is 6.85. The molecule has 0 bridgehead atoms. The van der Waals surface area contributed by atoms with E-state index in [1.807, 2.05) is 44.2 Å². The molecule has 0 radical (unpaired) electrons. The molecule has 0 aliphatic heterocycles. The summed E-state index contributed by atoms with van der Waals surface area (Å²) in [5, 5.41) is 6.09. The lowest BCUT2D eigenvalue weighted by atomic mass is 10.1. The van der Waals surface area contributed by atoms with E-state index in [4.69, 9.17) is 9.88 Å². The van der Waals surface area contributed by atoms with Crippen molar-refractivity contribution in [1.82, 2.24) is 4.98 Å². The Labute approximate surface area is 125 Å². The standard InChI is InChI=1S/C15H20N2O3S/c1-3-12(10-21(16,18)19)9-20-14-6-4-5-13-8-7-11(2)17-15(13)14/h4-8,12H,3,9-10H2,1-2H3,(H2,16,18,19). The fourth-order valence-electron chi connectivity index (χ4n) is 2.15. The van der Waals surface area contributed by atoms with E-state index in [0.717, 1.165) is 16.6 Å². The summed E-state index contributed by atoms with van der Waals surface area (Å²) >= 11 is 0. The van der Waals surface area contributed by atoms with Crippen LogP contribution in [0.3, 0.4) is 0 Å². The molecule has 0 fully saturated rings. The third-order valence-electron chi connectivity index (χ3n) is 3.34. The number of ether oxygens (including phenoxy) is 1. The number of sulfonamides is 1. The average Bonchev–Trinajstić information content (AvgIpc) is 2.42. The van der Waals surface area contributed by atoms with Crippen LogP contribution in [0.2, 0.25) is 0 Å². The molecule has 0 saturated heterocycles. The van der Waals surface area contributed by atoms with E-state index in [1.54, 1.807) is 0 Å². The summed E-state index contributed by atoms with van der Waals surface area (Å²) in [4.78, 5) is 4.49. The number of hydrogen-bond donors (Lipinski definition) is 1. The van der Waals surface area contributed by atoms with E-state index in [1.165, 1.54) is 0 Å². The van der Waals surface area contributed by atoms with E-state index in [2.05, 4.69) is 4.98 Å². The molecule has 1 atom stereocenters. The van der Waals surface area contributed by atoms with E-state index in [0.29, 0.717) is 18.8 Å². The van der Waals surface area contributed by atoms with Crippen molar-refractivity contribution in [2.45, 2.75) is 20.3 Å². The summed E-state index contributed by atoms with van der Waals surface area (Å²) in [5.41, 5.74) is 1.71. The zero-order valence-electron chi connectivity index (χ0n) is 12.2. The van der Waals surface area contributed by atoms with Gasteiger partial charge in [-0.1, -0.05) is 25.1 Å². The van der Waals surface area contributed by atoms with Gasteiger partial charge >= 0.3 is 0 Å². The number of nitrogens with two attached hydrogens (primary N) is 1. The van der Waals surface area contributed by atoms with Crippen molar-refractivity contribution in [3.8, 4) is 5.75 Å². The van der Waals surface area contributed by atoms with Gasteiger partial charge in [-0.2, -0.15) is 0 Å². The molecule has 1 aromatic carbocycles. The molecule has 0 aliphatic carbocycles. The van der Waals surface area contributed by atoms with Crippen molar-refractivity contribution in [1.29, 1.82) is 0 Å². The topological polar surface area (TPSA) is 82.3 Å². The van der Waals surface area contributed by atoms with Gasteiger partial charge < -0.3 is 4.74 Å². The molecule has 114 valence electrons. The Hall–Kier alpha value is -1.66. The largest absolute Gasteiger partial charge is 0.491 e. The van der Waals surface area contributed by atoms with Gasteiger partial charge in [0.25, 0.3) is 0 Å². The number of primary sulfonamides is 1. The SMILES string of the molecule is CCC(COc1cccc2ccc(C)nc12)CS(N)(=O)=O. The summed E-state index contributed by atoms with van der Waals surface area (Å²) in [6.45, 7) is 4.15. The summed E-state index contributed by atoms with van der Waals surface area (Å²) in [6, 6.07) is 9.65. The van der Waals surface area contributed by atoms with Crippen LogP contribution in [0.4, 0.5) is 0 Å². The van der Waals surface area contributed by atoms with Gasteiger partial charge in [-0.3, -0.25) is 0 Å². The molecule has 0 spiro atoms. The molecule has 2 aromatic rings. The maximum absolute atomic E-state index is 11.2. The fraction of sp³-hybridized carbons (Fsp3) is 0.400. The first-order chi connectivity index (χ1) is 9.89. The predicted molar refractivity (Wildman–Crippen MR) is 83.7 cm³/mol. The maximum Gasteiger partial charge on any atom is 0.209 e. The predicted octanol–water partition coefficient (Wildman–Crippen LogP) is 2.24. The molecule has 1 unspecified atom stereocenters. The molecule has 5 nitrogen and oxygen atoms in total. The van der Waals surface area contributed by atoms with Crippen molar-refractivity contribution in [2.24, 2.45) is 11.1 Å². The second-order valence-electron chi connectivity index (χ2n) is 5.20. The van der Waals surface area contributed by atoms with Crippen LogP contribution in [0, 0.1) is 12.8 Å².